The van der Waals surface area contributed by atoms with Gasteiger partial charge in [-0.15, -0.1) is 0 Å². The Labute approximate surface area is 66.7 Å². The molecule has 0 saturated heterocycles. The summed E-state index contributed by atoms with van der Waals surface area (Å²) in [4.78, 5) is 0. The van der Waals surface area contributed by atoms with Crippen molar-refractivity contribution in [3.63, 3.8) is 0 Å². The number of hydrogen-bond acceptors (Lipinski definition) is 5. The summed E-state index contributed by atoms with van der Waals surface area (Å²) in [5.74, 6) is -2.84. The molecule has 0 aromatic carbocycles. The third kappa shape index (κ3) is 1.98. The number of rotatable bonds is 2. The zero-order valence-corrected chi connectivity index (χ0v) is 8.83. The fourth-order valence-corrected chi connectivity index (χ4v) is 0.733. The van der Waals surface area contributed by atoms with Crippen LogP contribution < -0.4 is 0 Å². The monoisotopic (exact) mass is 202 g/mol. The van der Waals surface area contributed by atoms with Crippen LogP contribution in [0, 0.1) is 0 Å². The van der Waals surface area contributed by atoms with Crippen molar-refractivity contribution in [1.82, 2.24) is 0 Å². The van der Waals surface area contributed by atoms with E-state index >= 15 is 0 Å². The van der Waals surface area contributed by atoms with E-state index in [-0.39, 0.29) is 0 Å². The Morgan fingerprint density at radius 1 is 1.27 bits per heavy atom. The molecular weight excluding hydrogens is 192 g/mol. The fourth-order valence-electron chi connectivity index (χ4n) is 0.244. The lowest BCUT2D eigenvalue weighted by atomic mass is 10.3. The molecule has 0 radical (unpaired) electrons. The van der Waals surface area contributed by atoms with Crippen LogP contribution in [0.5, 0.6) is 0 Å². The first kappa shape index (κ1) is 11.0. The maximum absolute atomic E-state index is 10.3. The molecule has 0 aliphatic heterocycles. The number of aliphatic hydroxyl groups is 3. The molecule has 11 heavy (non-hydrogen) atoms. The van der Waals surface area contributed by atoms with E-state index in [0.717, 1.165) is 0 Å². The summed E-state index contributed by atoms with van der Waals surface area (Å²) in [7, 11) is -5.36. The van der Waals surface area contributed by atoms with Crippen molar-refractivity contribution < 1.29 is 28.3 Å². The topological polar surface area (TPSA) is 115 Å². The van der Waals surface area contributed by atoms with E-state index in [9.17, 15) is 8.42 Å². The van der Waals surface area contributed by atoms with Gasteiger partial charge < -0.3 is 15.3 Å². The summed E-state index contributed by atoms with van der Waals surface area (Å²) >= 11 is 0. The van der Waals surface area contributed by atoms with Crippen LogP contribution in [0.25, 0.3) is 0 Å². The zero-order chi connectivity index (χ0) is 9.50. The Morgan fingerprint density at radius 2 is 1.55 bits per heavy atom. The Kier molecular flexibility index (Phi) is 2.51. The molecule has 0 aliphatic carbocycles. The highest BCUT2D eigenvalue weighted by Gasteiger charge is 2.50. The van der Waals surface area contributed by atoms with Gasteiger partial charge >= 0.3 is 0 Å². The number of hydrogen-bond donors (Lipinski definition) is 4. The van der Waals surface area contributed by atoms with Crippen LogP contribution in [0.2, 0.25) is 0 Å². The molecule has 0 aromatic rings. The molecule has 0 rings (SSSR count). The Hall–Kier alpha value is 0.00688. The minimum absolute atomic E-state index is 0.516. The van der Waals surface area contributed by atoms with Crippen LogP contribution in [0.15, 0.2) is 0 Å². The Balaban J connectivity index is 5.08. The summed E-state index contributed by atoms with van der Waals surface area (Å²) in [6, 6.07) is 0. The standard InChI is InChI=1S/C3H10O6SSi/c1-2(4,5)3(6,11)10(7,8)9/h4-6H,1,11H3,(H,7,8,9). The third-order valence-electron chi connectivity index (χ3n) is 1.38. The van der Waals surface area contributed by atoms with Crippen LogP contribution >= 0.6 is 0 Å². The van der Waals surface area contributed by atoms with Gasteiger partial charge in [-0.3, -0.25) is 4.55 Å². The molecular formula is C3H10O6SSi. The molecule has 0 saturated carbocycles. The molecule has 0 spiro atoms. The molecule has 6 nitrogen and oxygen atoms in total. The molecule has 0 bridgehead atoms. The smallest absolute Gasteiger partial charge is 0.295 e. The minimum Gasteiger partial charge on any atom is -0.372 e. The van der Waals surface area contributed by atoms with Gasteiger partial charge in [0.25, 0.3) is 10.1 Å². The average molecular weight is 202 g/mol. The molecule has 1 atom stereocenters. The zero-order valence-electron chi connectivity index (χ0n) is 6.01. The highest BCUT2D eigenvalue weighted by Crippen LogP contribution is 2.20. The lowest BCUT2D eigenvalue weighted by Gasteiger charge is -2.30. The predicted octanol–water partition coefficient (Wildman–Crippen LogP) is -3.41. The van der Waals surface area contributed by atoms with Gasteiger partial charge in [-0.1, -0.05) is 0 Å². The van der Waals surface area contributed by atoms with Crippen LogP contribution in [0.4, 0.5) is 0 Å². The van der Waals surface area contributed by atoms with Crippen LogP contribution in [0.3, 0.4) is 0 Å². The van der Waals surface area contributed by atoms with Crippen molar-refractivity contribution in [2.24, 2.45) is 0 Å². The highest BCUT2D eigenvalue weighted by atomic mass is 32.2. The SMILES string of the molecule is CC(O)(O)C(O)([SiH3])S(=O)(=O)O. The maximum atomic E-state index is 10.3. The van der Waals surface area contributed by atoms with Crippen LogP contribution in [-0.4, -0.2) is 48.9 Å². The summed E-state index contributed by atoms with van der Waals surface area (Å²) < 4.78 is 26.1. The quantitative estimate of drug-likeness (QED) is 0.211. The summed E-state index contributed by atoms with van der Waals surface area (Å²) in [5.41, 5.74) is 0. The van der Waals surface area contributed by atoms with Crippen molar-refractivity contribution in [3.05, 3.63) is 0 Å². The maximum Gasteiger partial charge on any atom is 0.295 e. The second-order valence-corrected chi connectivity index (χ2v) is 6.40. The van der Waals surface area contributed by atoms with Crippen LogP contribution in [-0.2, 0) is 10.1 Å². The van der Waals surface area contributed by atoms with E-state index in [1.807, 2.05) is 0 Å². The third-order valence-corrected chi connectivity index (χ3v) is 5.27. The predicted molar refractivity (Wildman–Crippen MR) is 39.3 cm³/mol. The van der Waals surface area contributed by atoms with Gasteiger partial charge in [-0.05, 0) is 6.92 Å². The Morgan fingerprint density at radius 3 is 1.55 bits per heavy atom. The highest BCUT2D eigenvalue weighted by molar-refractivity contribution is 7.88. The lowest BCUT2D eigenvalue weighted by molar-refractivity contribution is -0.203. The molecule has 0 heterocycles. The molecule has 1 unspecified atom stereocenters. The first-order chi connectivity index (χ1) is 4.50. The molecule has 0 aliphatic rings. The molecule has 0 aromatic heterocycles. The van der Waals surface area contributed by atoms with Gasteiger partial charge in [-0.2, -0.15) is 8.42 Å². The second-order valence-electron chi connectivity index (χ2n) is 2.48. The van der Waals surface area contributed by atoms with Crippen LogP contribution in [0.1, 0.15) is 6.92 Å². The summed E-state index contributed by atoms with van der Waals surface area (Å²) in [6.07, 6.45) is 0. The lowest BCUT2D eigenvalue weighted by Crippen LogP contribution is -2.57. The van der Waals surface area contributed by atoms with Gasteiger partial charge in [0.15, 0.2) is 0 Å². The van der Waals surface area contributed by atoms with E-state index in [2.05, 4.69) is 0 Å². The van der Waals surface area contributed by atoms with E-state index in [4.69, 9.17) is 19.9 Å². The van der Waals surface area contributed by atoms with Crippen molar-refractivity contribution >= 4 is 20.4 Å². The van der Waals surface area contributed by atoms with Gasteiger partial charge in [0.05, 0.1) is 10.2 Å². The minimum atomic E-state index is -4.84. The molecule has 68 valence electrons. The van der Waals surface area contributed by atoms with Gasteiger partial charge in [-0.25, -0.2) is 0 Å². The van der Waals surface area contributed by atoms with Crippen molar-refractivity contribution in [2.45, 2.75) is 17.3 Å². The molecule has 4 N–H and O–H groups in total. The van der Waals surface area contributed by atoms with Gasteiger partial charge in [0.1, 0.15) is 0 Å². The summed E-state index contributed by atoms with van der Waals surface area (Å²) in [5, 5.41) is 26.3. The van der Waals surface area contributed by atoms with Crippen molar-refractivity contribution in [2.75, 3.05) is 0 Å². The van der Waals surface area contributed by atoms with Gasteiger partial charge in [0.2, 0.25) is 10.3 Å². The molecule has 8 heteroatoms. The normalized spacial score (nSPS) is 19.7. The van der Waals surface area contributed by atoms with E-state index < -0.39 is 30.7 Å². The van der Waals surface area contributed by atoms with E-state index in [1.54, 1.807) is 0 Å². The molecule has 0 fully saturated rings. The Bertz CT molecular complexity index is 235. The largest absolute Gasteiger partial charge is 0.372 e. The van der Waals surface area contributed by atoms with Crippen molar-refractivity contribution in [1.29, 1.82) is 0 Å². The van der Waals surface area contributed by atoms with E-state index in [1.165, 1.54) is 0 Å². The second kappa shape index (κ2) is 2.50. The fraction of sp³-hybridized carbons (Fsp3) is 1.00. The molecule has 0 amide bonds. The average Bonchev–Trinajstić information content (AvgIpc) is 1.58. The van der Waals surface area contributed by atoms with Crippen molar-refractivity contribution in [3.8, 4) is 0 Å². The van der Waals surface area contributed by atoms with E-state index in [0.29, 0.717) is 6.92 Å². The first-order valence-corrected chi connectivity index (χ1v) is 5.08. The summed E-state index contributed by atoms with van der Waals surface area (Å²) in [6.45, 7) is 0.674. The first-order valence-electron chi connectivity index (χ1n) is 2.64. The van der Waals surface area contributed by atoms with Gasteiger partial charge in [0, 0.05) is 0 Å².